The topological polar surface area (TPSA) is 579 Å². The van der Waals surface area contributed by atoms with Crippen molar-refractivity contribution >= 4 is 131 Å². The first-order chi connectivity index (χ1) is 45.5. The number of aliphatic carboxylic acids is 1. The van der Waals surface area contributed by atoms with Gasteiger partial charge in [-0.3, -0.25) is 76.9 Å². The number of aliphatic hydroxyl groups is 1. The lowest BCUT2D eigenvalue weighted by atomic mass is 10.0. The summed E-state index contributed by atoms with van der Waals surface area (Å²) in [6, 6.07) is -11.8. The second-order valence-corrected chi connectivity index (χ2v) is 23.3. The molecule has 1 aromatic carbocycles. The number of thiol groups is 2. The van der Waals surface area contributed by atoms with Gasteiger partial charge in [0.1, 0.15) is 72.5 Å². The Balaban J connectivity index is 1.49. The van der Waals surface area contributed by atoms with Crippen LogP contribution in [0.25, 0.3) is 10.9 Å². The van der Waals surface area contributed by atoms with Crippen LogP contribution in [-0.2, 0) is 84.8 Å². The predicted molar refractivity (Wildman–Crippen MR) is 346 cm³/mol. The highest BCUT2D eigenvalue weighted by Crippen LogP contribution is 2.21. The van der Waals surface area contributed by atoms with E-state index in [0.717, 1.165) is 0 Å². The molecular formula is C57H82N20O17S2. The Morgan fingerprint density at radius 2 is 1.12 bits per heavy atom. The fourth-order valence-corrected chi connectivity index (χ4v) is 10.5. The summed E-state index contributed by atoms with van der Waals surface area (Å²) in [4.78, 5) is 220. The van der Waals surface area contributed by atoms with E-state index < -0.39 is 205 Å². The number of hydrogen-bond donors (Lipinski definition) is 21. The van der Waals surface area contributed by atoms with Crippen molar-refractivity contribution in [3.05, 3.63) is 54.2 Å². The van der Waals surface area contributed by atoms with Gasteiger partial charge in [0, 0.05) is 72.8 Å². The standard InChI is InChI=1S/C57H82N20O17S2/c1-26-45(83)68-28(3)56(94)77-15-7-11-41(77)55(93)67-27(2)46(84)76-40(24-96)54(92)75-38(22-78)52(90)72-35(16-29-19-63-32-9-5-4-8-31(29)32)50(88)70-33(10-6-14-62-57(59)60)47(85)64-21-43(80)69-39(23-95)53(91)71-34(12-13-44(81)82)48(86)74-37(18-42(58)79)51(89)73-36(49(87)66-26)17-30-20-61-25-65-30/h4-5,8-9,19-20,25-28,33-41,63,78,95-96H,6-7,10-18,21-24H2,1-3H3,(H2,58,79)(H,61,65)(H,64,85)(H,66,87)(H,67,93)(H,68,83)(H,69,80)(H,70,88)(H,71,91)(H,72,90)(H,73,89)(H,74,86)(H,75,92)(H,76,84)(H,81,82)(H4,59,60,62)/t26-,27-,28-,33-,34-,35-,36-,37-,38-,39-,40-,41-/m0/s1. The van der Waals surface area contributed by atoms with Crippen LogP contribution < -0.4 is 81.0 Å². The average Bonchev–Trinajstić information content (AvgIpc) is 1.63. The average molecular weight is 1380 g/mol. The van der Waals surface area contributed by atoms with Gasteiger partial charge < -0.3 is 106 Å². The monoisotopic (exact) mass is 1380 g/mol. The molecule has 0 saturated carbocycles. The second-order valence-electron chi connectivity index (χ2n) is 22.6. The first kappa shape index (κ1) is 76.7. The quantitative estimate of drug-likeness (QED) is 0.0274. The number of rotatable bonds is 16. The van der Waals surface area contributed by atoms with E-state index in [1.54, 1.807) is 30.5 Å². The van der Waals surface area contributed by atoms with E-state index in [-0.39, 0.29) is 56.8 Å². The maximum absolute atomic E-state index is 14.5. The normalized spacial score (nSPS) is 25.9. The maximum atomic E-state index is 14.5. The number of imidazole rings is 1. The Bertz CT molecular complexity index is 3370. The van der Waals surface area contributed by atoms with Crippen LogP contribution in [0.3, 0.4) is 0 Å². The number of carbonyl (C=O) groups excluding carboxylic acids is 14. The first-order valence-corrected chi connectivity index (χ1v) is 31.6. The number of nitrogens with one attached hydrogen (secondary N) is 14. The number of carboxylic acids is 1. The molecule has 2 saturated heterocycles. The van der Waals surface area contributed by atoms with Crippen molar-refractivity contribution in [2.45, 2.75) is 151 Å². The van der Waals surface area contributed by atoms with Crippen molar-refractivity contribution in [2.75, 3.05) is 37.7 Å². The van der Waals surface area contributed by atoms with Gasteiger partial charge in [-0.15, -0.1) is 0 Å². The molecule has 524 valence electrons. The number of aromatic nitrogens is 3. The lowest BCUT2D eigenvalue weighted by molar-refractivity contribution is -0.142. The number of aromatic amines is 2. The highest BCUT2D eigenvalue weighted by Gasteiger charge is 2.40. The van der Waals surface area contributed by atoms with Gasteiger partial charge in [0.2, 0.25) is 82.7 Å². The Labute approximate surface area is 559 Å². The van der Waals surface area contributed by atoms with E-state index >= 15 is 0 Å². The zero-order valence-corrected chi connectivity index (χ0v) is 54.4. The molecule has 2 fully saturated rings. The van der Waals surface area contributed by atoms with Crippen molar-refractivity contribution in [3.8, 4) is 0 Å². The van der Waals surface area contributed by atoms with Crippen molar-refractivity contribution in [3.63, 3.8) is 0 Å². The minimum Gasteiger partial charge on any atom is -0.481 e. The highest BCUT2D eigenvalue weighted by atomic mass is 32.1. The number of para-hydroxylation sites is 1. The number of fused-ring (bicyclic) bond motifs is 2. The Morgan fingerprint density at radius 1 is 0.604 bits per heavy atom. The molecule has 3 aromatic rings. The molecule has 22 N–H and O–H groups in total. The van der Waals surface area contributed by atoms with Gasteiger partial charge in [0.25, 0.3) is 0 Å². The molecule has 37 nitrogen and oxygen atoms in total. The van der Waals surface area contributed by atoms with Crippen LogP contribution in [0.1, 0.15) is 77.0 Å². The van der Waals surface area contributed by atoms with Gasteiger partial charge in [-0.25, -0.2) is 4.98 Å². The number of benzene rings is 1. The van der Waals surface area contributed by atoms with Crippen LogP contribution in [0.5, 0.6) is 0 Å². The smallest absolute Gasteiger partial charge is 0.303 e. The molecule has 14 amide bonds. The number of primary amides is 1. The van der Waals surface area contributed by atoms with Crippen molar-refractivity contribution in [2.24, 2.45) is 22.2 Å². The van der Waals surface area contributed by atoms with Gasteiger partial charge in [0.15, 0.2) is 5.96 Å². The highest BCUT2D eigenvalue weighted by molar-refractivity contribution is 7.80. The lowest BCUT2D eigenvalue weighted by Crippen LogP contribution is -2.61. The van der Waals surface area contributed by atoms with Gasteiger partial charge in [-0.05, 0) is 64.5 Å². The Hall–Kier alpha value is -10.0. The molecule has 0 radical (unpaired) electrons. The summed E-state index contributed by atoms with van der Waals surface area (Å²) in [6.07, 6.45) is 1.40. The van der Waals surface area contributed by atoms with Gasteiger partial charge >= 0.3 is 5.97 Å². The maximum Gasteiger partial charge on any atom is 0.303 e. The molecule has 0 aliphatic carbocycles. The third-order valence-electron chi connectivity index (χ3n) is 15.2. The molecule has 0 bridgehead atoms. The van der Waals surface area contributed by atoms with Crippen LogP contribution in [0.15, 0.2) is 48.0 Å². The minimum atomic E-state index is -1.92. The molecular weight excluding hydrogens is 1300 g/mol. The molecule has 2 aromatic heterocycles. The number of hydrogen-bond acceptors (Lipinski definition) is 20. The fourth-order valence-electron chi connectivity index (χ4n) is 10.0. The summed E-state index contributed by atoms with van der Waals surface area (Å²) in [5, 5.41) is 49.6. The van der Waals surface area contributed by atoms with E-state index in [2.05, 4.69) is 109 Å². The van der Waals surface area contributed by atoms with E-state index in [1.165, 1.54) is 38.2 Å². The number of guanidine groups is 1. The number of aliphatic imine (C=N–C) groups is 1. The molecule has 39 heteroatoms. The van der Waals surface area contributed by atoms with E-state index in [9.17, 15) is 82.1 Å². The number of carbonyl (C=O) groups is 15. The zero-order valence-electron chi connectivity index (χ0n) is 52.6. The van der Waals surface area contributed by atoms with Crippen molar-refractivity contribution in [1.82, 2.24) is 83.7 Å². The number of aliphatic hydroxyl groups excluding tert-OH is 1. The van der Waals surface area contributed by atoms with Crippen LogP contribution >= 0.6 is 25.3 Å². The molecule has 96 heavy (non-hydrogen) atoms. The summed E-state index contributed by atoms with van der Waals surface area (Å²) in [5.74, 6) is -17.0. The molecule has 2 aliphatic heterocycles. The van der Waals surface area contributed by atoms with Crippen LogP contribution in [-0.4, -0.2) is 235 Å². The Morgan fingerprint density at radius 3 is 1.74 bits per heavy atom. The number of H-pyrrole nitrogens is 2. The van der Waals surface area contributed by atoms with Crippen molar-refractivity contribution < 1.29 is 82.1 Å². The zero-order chi connectivity index (χ0) is 70.9. The van der Waals surface area contributed by atoms with E-state index in [1.807, 2.05) is 0 Å². The molecule has 4 heterocycles. The van der Waals surface area contributed by atoms with Gasteiger partial charge in [-0.2, -0.15) is 25.3 Å². The van der Waals surface area contributed by atoms with Crippen LogP contribution in [0, 0.1) is 0 Å². The second kappa shape index (κ2) is 37.1. The molecule has 0 unspecified atom stereocenters. The largest absolute Gasteiger partial charge is 0.481 e. The summed E-state index contributed by atoms with van der Waals surface area (Å²) in [7, 11) is 0. The van der Waals surface area contributed by atoms with Crippen LogP contribution in [0.4, 0.5) is 0 Å². The number of nitrogens with two attached hydrogens (primary N) is 3. The molecule has 0 spiro atoms. The van der Waals surface area contributed by atoms with Gasteiger partial charge in [-0.1, -0.05) is 18.2 Å². The number of carboxylic acid groups (broad SMARTS) is 1. The lowest BCUT2D eigenvalue weighted by Gasteiger charge is -2.29. The van der Waals surface area contributed by atoms with Crippen molar-refractivity contribution in [1.29, 1.82) is 0 Å². The number of amides is 14. The summed E-state index contributed by atoms with van der Waals surface area (Å²) in [5.41, 5.74) is 17.9. The Kier molecular flexibility index (Phi) is 29.7. The third-order valence-corrected chi connectivity index (χ3v) is 15.9. The molecule has 5 rings (SSSR count). The summed E-state index contributed by atoms with van der Waals surface area (Å²) >= 11 is 8.36. The van der Waals surface area contributed by atoms with E-state index in [4.69, 9.17) is 17.2 Å². The fraction of sp³-hybridized carbons (Fsp3) is 0.526. The predicted octanol–water partition coefficient (Wildman–Crippen LogP) is -8.16. The third kappa shape index (κ3) is 23.2. The minimum absolute atomic E-state index is 0.0323. The summed E-state index contributed by atoms with van der Waals surface area (Å²) in [6.45, 7) is 1.87. The SMILES string of the molecule is C[C@@H]1NC(=O)[C@H](Cc2cnc[nH]2)NC(=O)[C@H](CC(N)=O)NC(=O)[C@H](CCC(=O)O)NC(=O)[C@H](CS)NC(=O)CNC(=O)[C@H](CCCN=C(N)N)NC(=O)[C@H](Cc2c[nH]c3ccccc23)NC(=O)[C@H](CO)NC(=O)[C@H](CS)NC(=O)[C@H](C)NC(=O)[C@@H]2CCCN2C(=O)[C@H](C)NC1=O. The molecule has 2 aliphatic rings. The first-order valence-electron chi connectivity index (χ1n) is 30.4. The number of nitrogens with zero attached hydrogens (tertiary/aromatic N) is 3. The summed E-state index contributed by atoms with van der Waals surface area (Å²) < 4.78 is 0. The van der Waals surface area contributed by atoms with Gasteiger partial charge in [0.05, 0.1) is 25.9 Å². The van der Waals surface area contributed by atoms with E-state index in [0.29, 0.717) is 22.9 Å². The molecule has 12 atom stereocenters. The van der Waals surface area contributed by atoms with Crippen LogP contribution in [0.2, 0.25) is 0 Å².